The lowest BCUT2D eigenvalue weighted by molar-refractivity contribution is 0.494. The van der Waals surface area contributed by atoms with Crippen LogP contribution in [0.5, 0.6) is 0 Å². The molecule has 1 aromatic rings. The number of H-pyrrole nitrogens is 1. The van der Waals surface area contributed by atoms with Crippen LogP contribution in [0.2, 0.25) is 0 Å². The van der Waals surface area contributed by atoms with Gasteiger partial charge in [0.2, 0.25) is 0 Å². The number of aryl methyl sites for hydroxylation is 1. The Hall–Kier alpha value is -1.08. The Morgan fingerprint density at radius 1 is 1.40 bits per heavy atom. The third kappa shape index (κ3) is 3.88. The minimum absolute atomic E-state index is 0.381. The minimum atomic E-state index is -3.56. The lowest BCUT2D eigenvalue weighted by Gasteiger charge is -2.20. The maximum absolute atomic E-state index is 11.6. The molecular weight excluding hydrogens is 216 g/mol. The Morgan fingerprint density at radius 2 is 2.00 bits per heavy atom. The van der Waals surface area contributed by atoms with Crippen LogP contribution in [-0.2, 0) is 10.2 Å². The summed E-state index contributed by atoms with van der Waals surface area (Å²) in [5.74, 6) is 0.381. The van der Waals surface area contributed by atoms with E-state index in [1.807, 2.05) is 0 Å². The first kappa shape index (κ1) is 12.0. The van der Waals surface area contributed by atoms with E-state index in [1.54, 1.807) is 33.9 Å². The molecule has 0 aliphatic carbocycles. The zero-order valence-corrected chi connectivity index (χ0v) is 10.1. The number of aromatic amines is 1. The summed E-state index contributed by atoms with van der Waals surface area (Å²) in [5, 5.41) is 6.29. The molecule has 0 aliphatic heterocycles. The second kappa shape index (κ2) is 3.82. The third-order valence-electron chi connectivity index (χ3n) is 1.51. The molecule has 0 amide bonds. The van der Waals surface area contributed by atoms with E-state index in [1.165, 1.54) is 0 Å². The average molecular weight is 232 g/mol. The molecule has 0 atom stereocenters. The van der Waals surface area contributed by atoms with Gasteiger partial charge in [-0.15, -0.1) is 0 Å². The van der Waals surface area contributed by atoms with E-state index in [0.29, 0.717) is 5.82 Å². The molecule has 1 heterocycles. The van der Waals surface area contributed by atoms with Crippen LogP contribution in [0.1, 0.15) is 26.3 Å². The van der Waals surface area contributed by atoms with E-state index < -0.39 is 15.7 Å². The Bertz CT molecular complexity index is 430. The predicted octanol–water partition coefficient (Wildman–Crippen LogP) is 0.763. The molecule has 0 radical (unpaired) electrons. The van der Waals surface area contributed by atoms with Gasteiger partial charge in [-0.25, -0.2) is 0 Å². The van der Waals surface area contributed by atoms with Crippen LogP contribution in [0.25, 0.3) is 0 Å². The zero-order chi connectivity index (χ0) is 11.7. The fourth-order valence-corrected chi connectivity index (χ4v) is 2.35. The van der Waals surface area contributed by atoms with E-state index >= 15 is 0 Å². The van der Waals surface area contributed by atoms with Crippen molar-refractivity contribution in [1.82, 2.24) is 14.9 Å². The molecule has 6 nitrogen and oxygen atoms in total. The van der Waals surface area contributed by atoms with Crippen molar-refractivity contribution >= 4 is 16.0 Å². The minimum Gasteiger partial charge on any atom is -0.262 e. The largest absolute Gasteiger partial charge is 0.300 e. The van der Waals surface area contributed by atoms with Crippen LogP contribution in [0.15, 0.2) is 6.20 Å². The first-order valence-electron chi connectivity index (χ1n) is 4.51. The number of hydrogen-bond donors (Lipinski definition) is 3. The highest BCUT2D eigenvalue weighted by atomic mass is 32.2. The third-order valence-corrected chi connectivity index (χ3v) is 2.86. The van der Waals surface area contributed by atoms with Crippen molar-refractivity contribution in [3.8, 4) is 0 Å². The van der Waals surface area contributed by atoms with E-state index in [9.17, 15) is 8.42 Å². The molecule has 1 rings (SSSR count). The van der Waals surface area contributed by atoms with Crippen LogP contribution in [0.3, 0.4) is 0 Å². The second-order valence-electron chi connectivity index (χ2n) is 4.39. The number of aromatic nitrogens is 2. The fourth-order valence-electron chi connectivity index (χ4n) is 1.01. The summed E-state index contributed by atoms with van der Waals surface area (Å²) >= 11 is 0. The highest BCUT2D eigenvalue weighted by Crippen LogP contribution is 2.11. The van der Waals surface area contributed by atoms with Crippen LogP contribution < -0.4 is 9.44 Å². The molecule has 86 valence electrons. The van der Waals surface area contributed by atoms with Crippen molar-refractivity contribution in [1.29, 1.82) is 0 Å². The topological polar surface area (TPSA) is 86.9 Å². The second-order valence-corrected chi connectivity index (χ2v) is 5.80. The monoisotopic (exact) mass is 232 g/mol. The lowest BCUT2D eigenvalue weighted by Crippen LogP contribution is -2.43. The summed E-state index contributed by atoms with van der Waals surface area (Å²) in [6.45, 7) is 7.07. The average Bonchev–Trinajstić information content (AvgIpc) is 2.29. The lowest BCUT2D eigenvalue weighted by atomic mass is 10.1. The van der Waals surface area contributed by atoms with Crippen molar-refractivity contribution in [2.45, 2.75) is 33.2 Å². The van der Waals surface area contributed by atoms with Gasteiger partial charge in [0.25, 0.3) is 0 Å². The van der Waals surface area contributed by atoms with Crippen LogP contribution >= 0.6 is 0 Å². The number of nitrogens with one attached hydrogen (secondary N) is 3. The fraction of sp³-hybridized carbons (Fsp3) is 0.625. The molecule has 7 heteroatoms. The van der Waals surface area contributed by atoms with Crippen LogP contribution in [-0.4, -0.2) is 24.2 Å². The van der Waals surface area contributed by atoms with Gasteiger partial charge in [0.15, 0.2) is 0 Å². The van der Waals surface area contributed by atoms with E-state index in [-0.39, 0.29) is 0 Å². The quantitative estimate of drug-likeness (QED) is 0.719. The summed E-state index contributed by atoms with van der Waals surface area (Å²) < 4.78 is 28.0. The Kier molecular flexibility index (Phi) is 3.05. The van der Waals surface area contributed by atoms with Crippen molar-refractivity contribution in [2.24, 2.45) is 0 Å². The van der Waals surface area contributed by atoms with Gasteiger partial charge in [-0.3, -0.25) is 9.82 Å². The number of hydrogen-bond acceptors (Lipinski definition) is 3. The molecular formula is C8H16N4O2S. The van der Waals surface area contributed by atoms with E-state index in [2.05, 4.69) is 19.6 Å². The SMILES string of the molecule is Cc1cn[nH]c1NS(=O)(=O)NC(C)(C)C. The van der Waals surface area contributed by atoms with Crippen molar-refractivity contribution < 1.29 is 8.42 Å². The summed E-state index contributed by atoms with van der Waals surface area (Å²) in [5.41, 5.74) is 0.231. The zero-order valence-electron chi connectivity index (χ0n) is 9.25. The van der Waals surface area contributed by atoms with Gasteiger partial charge in [0, 0.05) is 11.1 Å². The Morgan fingerprint density at radius 3 is 2.40 bits per heavy atom. The molecule has 1 aromatic heterocycles. The van der Waals surface area contributed by atoms with Gasteiger partial charge in [0.05, 0.1) is 6.20 Å². The Labute approximate surface area is 89.6 Å². The molecule has 0 spiro atoms. The summed E-state index contributed by atoms with van der Waals surface area (Å²) in [6.07, 6.45) is 1.55. The molecule has 0 aliphatic rings. The summed E-state index contributed by atoms with van der Waals surface area (Å²) in [4.78, 5) is 0. The smallest absolute Gasteiger partial charge is 0.262 e. The molecule has 3 N–H and O–H groups in total. The van der Waals surface area contributed by atoms with Crippen molar-refractivity contribution in [3.63, 3.8) is 0 Å². The normalized spacial score (nSPS) is 12.8. The molecule has 0 aromatic carbocycles. The van der Waals surface area contributed by atoms with Gasteiger partial charge in [0.1, 0.15) is 5.82 Å². The highest BCUT2D eigenvalue weighted by Gasteiger charge is 2.20. The maximum Gasteiger partial charge on any atom is 0.300 e. The highest BCUT2D eigenvalue weighted by molar-refractivity contribution is 7.90. The summed E-state index contributed by atoms with van der Waals surface area (Å²) in [6, 6.07) is 0. The molecule has 0 saturated carbocycles. The van der Waals surface area contributed by atoms with Gasteiger partial charge < -0.3 is 0 Å². The number of anilines is 1. The number of rotatable bonds is 3. The van der Waals surface area contributed by atoms with E-state index in [0.717, 1.165) is 5.56 Å². The maximum atomic E-state index is 11.6. The first-order valence-corrected chi connectivity index (χ1v) is 6.00. The molecule has 0 fully saturated rings. The van der Waals surface area contributed by atoms with Gasteiger partial charge >= 0.3 is 10.2 Å². The standard InChI is InChI=1S/C8H16N4O2S/c1-6-5-9-10-7(6)11-15(13,14)12-8(2,3)4/h5,12H,1-4H3,(H2,9,10,11). The van der Waals surface area contributed by atoms with Crippen LogP contribution in [0, 0.1) is 6.92 Å². The number of nitrogens with zero attached hydrogens (tertiary/aromatic N) is 1. The van der Waals surface area contributed by atoms with E-state index in [4.69, 9.17) is 0 Å². The van der Waals surface area contributed by atoms with Gasteiger partial charge in [-0.05, 0) is 27.7 Å². The molecule has 0 saturated heterocycles. The molecule has 0 bridgehead atoms. The predicted molar refractivity (Wildman–Crippen MR) is 58.8 cm³/mol. The van der Waals surface area contributed by atoms with Gasteiger partial charge in [-0.2, -0.15) is 18.2 Å². The van der Waals surface area contributed by atoms with Gasteiger partial charge in [-0.1, -0.05) is 0 Å². The molecule has 0 unspecified atom stereocenters. The van der Waals surface area contributed by atoms with Crippen molar-refractivity contribution in [2.75, 3.05) is 4.72 Å². The Balaban J connectivity index is 2.78. The summed E-state index contributed by atoms with van der Waals surface area (Å²) in [7, 11) is -3.56. The molecule has 15 heavy (non-hydrogen) atoms. The van der Waals surface area contributed by atoms with Crippen LogP contribution in [0.4, 0.5) is 5.82 Å². The first-order chi connectivity index (χ1) is 6.70. The van der Waals surface area contributed by atoms with Crippen molar-refractivity contribution in [3.05, 3.63) is 11.8 Å².